The Morgan fingerprint density at radius 1 is 1.05 bits per heavy atom. The summed E-state index contributed by atoms with van der Waals surface area (Å²) in [5, 5.41) is 19.4. The van der Waals surface area contributed by atoms with Gasteiger partial charge in [-0.05, 0) is 33.1 Å². The van der Waals surface area contributed by atoms with Gasteiger partial charge in [-0.1, -0.05) is 40.0 Å². The van der Waals surface area contributed by atoms with Gasteiger partial charge in [0, 0.05) is 12.0 Å². The van der Waals surface area contributed by atoms with Crippen LogP contribution in [0.1, 0.15) is 67.2 Å². The third-order valence-electron chi connectivity index (χ3n) is 4.56. The lowest BCUT2D eigenvalue weighted by Gasteiger charge is -2.49. The Labute approximate surface area is 118 Å². The Morgan fingerprint density at radius 2 is 1.63 bits per heavy atom. The summed E-state index contributed by atoms with van der Waals surface area (Å²) in [5.41, 5.74) is -2.39. The molecule has 0 amide bonds. The summed E-state index contributed by atoms with van der Waals surface area (Å²) in [4.78, 5) is 0. The molecule has 19 heavy (non-hydrogen) atoms. The predicted octanol–water partition coefficient (Wildman–Crippen LogP) is 3.47. The molecule has 0 radical (unpaired) electrons. The molecule has 3 heteroatoms. The van der Waals surface area contributed by atoms with E-state index >= 15 is 0 Å². The Morgan fingerprint density at radius 3 is 2.05 bits per heavy atom. The molecule has 0 bridgehead atoms. The average molecular weight is 270 g/mol. The van der Waals surface area contributed by atoms with Crippen molar-refractivity contribution in [3.05, 3.63) is 0 Å². The van der Waals surface area contributed by atoms with Gasteiger partial charge in [-0.15, -0.1) is 0 Å². The first-order valence-electron chi connectivity index (χ1n) is 7.21. The van der Waals surface area contributed by atoms with Crippen molar-refractivity contribution in [2.45, 2.75) is 78.4 Å². The van der Waals surface area contributed by atoms with Crippen molar-refractivity contribution in [1.29, 1.82) is 0 Å². The summed E-state index contributed by atoms with van der Waals surface area (Å²) in [7, 11) is 0. The molecule has 0 aliphatic carbocycles. The number of hydrogen-bond acceptors (Lipinski definition) is 3. The van der Waals surface area contributed by atoms with Crippen LogP contribution in [0.25, 0.3) is 0 Å². The molecular formula is C16H30O3. The molecule has 0 fully saturated rings. The Bertz CT molecular complexity index is 323. The van der Waals surface area contributed by atoms with Gasteiger partial charge in [0.25, 0.3) is 0 Å². The van der Waals surface area contributed by atoms with E-state index in [2.05, 4.69) is 12.8 Å². The van der Waals surface area contributed by atoms with Crippen molar-refractivity contribution in [2.75, 3.05) is 6.61 Å². The molecule has 0 rings (SSSR count). The second kappa shape index (κ2) is 7.17. The molecule has 0 heterocycles. The van der Waals surface area contributed by atoms with E-state index in [0.717, 1.165) is 25.7 Å². The lowest BCUT2D eigenvalue weighted by molar-refractivity contribution is -0.172. The standard InChI is InChI=1S/C16H30O3/c1-7-9-10-11-16(6,19-8-2)14(3,4)15(5,18)12-13-17/h17-18H,7-11H2,1-6H3. The third kappa shape index (κ3) is 4.12. The van der Waals surface area contributed by atoms with Crippen LogP contribution in [-0.2, 0) is 4.74 Å². The summed E-state index contributed by atoms with van der Waals surface area (Å²) in [6.07, 6.45) is 6.05. The van der Waals surface area contributed by atoms with Crippen molar-refractivity contribution in [3.8, 4) is 12.0 Å². The SMILES string of the molecule is CCCCCC(C)(OCC)C(C)(C)C(C)(O)C#CO. The molecule has 2 atom stereocenters. The molecule has 0 saturated carbocycles. The van der Waals surface area contributed by atoms with Gasteiger partial charge in [0.2, 0.25) is 0 Å². The topological polar surface area (TPSA) is 49.7 Å². The highest BCUT2D eigenvalue weighted by Crippen LogP contribution is 2.45. The van der Waals surface area contributed by atoms with Gasteiger partial charge in [0.05, 0.1) is 5.60 Å². The van der Waals surface area contributed by atoms with Crippen LogP contribution >= 0.6 is 0 Å². The van der Waals surface area contributed by atoms with E-state index in [4.69, 9.17) is 9.84 Å². The van der Waals surface area contributed by atoms with Crippen LogP contribution in [0.4, 0.5) is 0 Å². The Kier molecular flexibility index (Phi) is 6.89. The molecule has 0 aromatic rings. The van der Waals surface area contributed by atoms with Crippen molar-refractivity contribution < 1.29 is 14.9 Å². The molecule has 2 N–H and O–H groups in total. The first kappa shape index (κ1) is 18.3. The van der Waals surface area contributed by atoms with E-state index in [1.807, 2.05) is 33.8 Å². The zero-order valence-electron chi connectivity index (χ0n) is 13.3. The maximum Gasteiger partial charge on any atom is 0.133 e. The molecule has 112 valence electrons. The molecule has 0 aliphatic rings. The second-order valence-corrected chi connectivity index (χ2v) is 6.05. The van der Waals surface area contributed by atoms with Gasteiger partial charge in [-0.3, -0.25) is 0 Å². The molecule has 0 aliphatic heterocycles. The van der Waals surface area contributed by atoms with Gasteiger partial charge in [-0.25, -0.2) is 0 Å². The van der Waals surface area contributed by atoms with Crippen LogP contribution in [0, 0.1) is 17.4 Å². The lowest BCUT2D eigenvalue weighted by Crippen LogP contribution is -2.57. The summed E-state index contributed by atoms with van der Waals surface area (Å²) in [6, 6.07) is 0. The summed E-state index contributed by atoms with van der Waals surface area (Å²) in [6.45, 7) is 12.3. The fourth-order valence-corrected chi connectivity index (χ4v) is 2.38. The summed E-state index contributed by atoms with van der Waals surface area (Å²) >= 11 is 0. The van der Waals surface area contributed by atoms with E-state index in [9.17, 15) is 5.11 Å². The van der Waals surface area contributed by atoms with Gasteiger partial charge < -0.3 is 14.9 Å². The first-order chi connectivity index (χ1) is 8.68. The quantitative estimate of drug-likeness (QED) is 0.524. The van der Waals surface area contributed by atoms with E-state index in [1.165, 1.54) is 0 Å². The molecule has 2 unspecified atom stereocenters. The monoisotopic (exact) mass is 270 g/mol. The zero-order chi connectivity index (χ0) is 15.2. The Balaban J connectivity index is 5.26. The van der Waals surface area contributed by atoms with Crippen molar-refractivity contribution >= 4 is 0 Å². The largest absolute Gasteiger partial charge is 0.462 e. The predicted molar refractivity (Wildman–Crippen MR) is 78.3 cm³/mol. The van der Waals surface area contributed by atoms with Gasteiger partial charge in [0.1, 0.15) is 11.7 Å². The first-order valence-corrected chi connectivity index (χ1v) is 7.21. The average Bonchev–Trinajstić information content (AvgIpc) is 2.29. The van der Waals surface area contributed by atoms with Crippen LogP contribution in [0.15, 0.2) is 0 Å². The minimum atomic E-state index is -1.31. The van der Waals surface area contributed by atoms with Crippen LogP contribution in [0.3, 0.4) is 0 Å². The van der Waals surface area contributed by atoms with Crippen molar-refractivity contribution in [3.63, 3.8) is 0 Å². The number of aliphatic hydroxyl groups excluding tert-OH is 1. The number of ether oxygens (including phenoxy) is 1. The molecule has 0 aromatic carbocycles. The number of unbranched alkanes of at least 4 members (excludes halogenated alkanes) is 2. The van der Waals surface area contributed by atoms with E-state index in [-0.39, 0.29) is 0 Å². The minimum absolute atomic E-state index is 0.482. The molecular weight excluding hydrogens is 240 g/mol. The van der Waals surface area contributed by atoms with E-state index < -0.39 is 16.6 Å². The van der Waals surface area contributed by atoms with Crippen molar-refractivity contribution in [2.24, 2.45) is 5.41 Å². The number of rotatable bonds is 8. The highest BCUT2D eigenvalue weighted by molar-refractivity contribution is 5.18. The number of hydrogen-bond donors (Lipinski definition) is 2. The maximum atomic E-state index is 10.5. The Hall–Kier alpha value is -0.720. The van der Waals surface area contributed by atoms with Gasteiger partial charge in [0.15, 0.2) is 0 Å². The maximum absolute atomic E-state index is 10.5. The van der Waals surface area contributed by atoms with Crippen LogP contribution in [-0.4, -0.2) is 28.0 Å². The van der Waals surface area contributed by atoms with Gasteiger partial charge in [-0.2, -0.15) is 0 Å². The summed E-state index contributed by atoms with van der Waals surface area (Å²) < 4.78 is 5.96. The third-order valence-corrected chi connectivity index (χ3v) is 4.56. The van der Waals surface area contributed by atoms with Crippen LogP contribution in [0.5, 0.6) is 0 Å². The molecule has 0 aromatic heterocycles. The smallest absolute Gasteiger partial charge is 0.133 e. The van der Waals surface area contributed by atoms with Gasteiger partial charge >= 0.3 is 0 Å². The highest BCUT2D eigenvalue weighted by atomic mass is 16.5. The van der Waals surface area contributed by atoms with Crippen LogP contribution in [0.2, 0.25) is 0 Å². The lowest BCUT2D eigenvalue weighted by atomic mass is 9.63. The molecule has 3 nitrogen and oxygen atoms in total. The van der Waals surface area contributed by atoms with E-state index in [0.29, 0.717) is 6.61 Å². The van der Waals surface area contributed by atoms with Crippen molar-refractivity contribution in [1.82, 2.24) is 0 Å². The fraction of sp³-hybridized carbons (Fsp3) is 0.875. The second-order valence-electron chi connectivity index (χ2n) is 6.05. The normalized spacial score (nSPS) is 18.1. The fourth-order valence-electron chi connectivity index (χ4n) is 2.38. The minimum Gasteiger partial charge on any atom is -0.462 e. The van der Waals surface area contributed by atoms with E-state index in [1.54, 1.807) is 6.92 Å². The zero-order valence-corrected chi connectivity index (χ0v) is 13.3. The highest BCUT2D eigenvalue weighted by Gasteiger charge is 2.52. The number of aliphatic hydroxyl groups is 2. The van der Waals surface area contributed by atoms with Crippen LogP contribution < -0.4 is 0 Å². The summed E-state index contributed by atoms with van der Waals surface area (Å²) in [5.74, 6) is 2.50. The molecule has 0 saturated heterocycles. The molecule has 0 spiro atoms.